The van der Waals surface area contributed by atoms with Gasteiger partial charge in [0.1, 0.15) is 6.04 Å². The number of benzene rings is 2. The quantitative estimate of drug-likeness (QED) is 0.752. The van der Waals surface area contributed by atoms with Gasteiger partial charge in [-0.05, 0) is 24.6 Å². The Morgan fingerprint density at radius 2 is 1.84 bits per heavy atom. The molecule has 0 radical (unpaired) electrons. The molecule has 0 spiro atoms. The number of para-hydroxylation sites is 1. The number of fused-ring (bicyclic) bond motifs is 1. The minimum Gasteiger partial charge on any atom is -0.480 e. The van der Waals surface area contributed by atoms with Gasteiger partial charge in [-0.15, -0.1) is 0 Å². The van der Waals surface area contributed by atoms with Crippen LogP contribution in [0, 0.1) is 6.92 Å². The number of hydrogen-bond acceptors (Lipinski definition) is 3. The third kappa shape index (κ3) is 4.01. The molecular formula is C20H18N2O3. The number of aryl methyl sites for hydroxylation is 1. The van der Waals surface area contributed by atoms with E-state index in [1.807, 2.05) is 55.5 Å². The zero-order valence-electron chi connectivity index (χ0n) is 13.8. The number of carbonyl (C=O) groups is 2. The van der Waals surface area contributed by atoms with E-state index in [4.69, 9.17) is 0 Å². The number of aliphatic carboxylic acids is 1. The highest BCUT2D eigenvalue weighted by molar-refractivity contribution is 5.99. The molecule has 1 amide bonds. The van der Waals surface area contributed by atoms with Crippen molar-refractivity contribution < 1.29 is 14.7 Å². The number of nitrogens with one attached hydrogen (secondary N) is 1. The summed E-state index contributed by atoms with van der Waals surface area (Å²) >= 11 is 0. The van der Waals surface area contributed by atoms with Gasteiger partial charge in [0.15, 0.2) is 0 Å². The lowest BCUT2D eigenvalue weighted by molar-refractivity contribution is -0.139. The Hall–Kier alpha value is -3.21. The molecule has 25 heavy (non-hydrogen) atoms. The average molecular weight is 334 g/mol. The highest BCUT2D eigenvalue weighted by Gasteiger charge is 2.21. The van der Waals surface area contributed by atoms with Crippen molar-refractivity contribution in [2.24, 2.45) is 0 Å². The second-order valence-corrected chi connectivity index (χ2v) is 5.97. The van der Waals surface area contributed by atoms with E-state index >= 15 is 0 Å². The van der Waals surface area contributed by atoms with Gasteiger partial charge in [0.2, 0.25) is 0 Å². The van der Waals surface area contributed by atoms with Crippen LogP contribution in [-0.4, -0.2) is 28.0 Å². The molecule has 5 nitrogen and oxygen atoms in total. The molecule has 0 fully saturated rings. The van der Waals surface area contributed by atoms with Crippen molar-refractivity contribution in [2.45, 2.75) is 19.4 Å². The van der Waals surface area contributed by atoms with Crippen LogP contribution in [0.4, 0.5) is 0 Å². The van der Waals surface area contributed by atoms with Gasteiger partial charge in [0, 0.05) is 18.0 Å². The second kappa shape index (κ2) is 7.13. The van der Waals surface area contributed by atoms with Crippen LogP contribution in [0.25, 0.3) is 10.9 Å². The molecule has 0 aliphatic rings. The second-order valence-electron chi connectivity index (χ2n) is 5.97. The maximum Gasteiger partial charge on any atom is 0.326 e. The maximum absolute atomic E-state index is 12.4. The van der Waals surface area contributed by atoms with Crippen LogP contribution in [0.1, 0.15) is 21.5 Å². The Labute approximate surface area is 145 Å². The van der Waals surface area contributed by atoms with Crippen molar-refractivity contribution in [3.8, 4) is 0 Å². The van der Waals surface area contributed by atoms with Gasteiger partial charge in [-0.3, -0.25) is 9.78 Å². The number of carboxylic acids is 1. The average Bonchev–Trinajstić information content (AvgIpc) is 2.62. The molecule has 3 aromatic rings. The normalized spacial score (nSPS) is 11.9. The molecule has 1 aromatic heterocycles. The lowest BCUT2D eigenvalue weighted by Gasteiger charge is -2.15. The Balaban J connectivity index is 1.77. The number of pyridine rings is 1. The first-order valence-corrected chi connectivity index (χ1v) is 7.97. The summed E-state index contributed by atoms with van der Waals surface area (Å²) in [6.45, 7) is 1.97. The number of carboxylic acid groups (broad SMARTS) is 1. The van der Waals surface area contributed by atoms with E-state index < -0.39 is 17.9 Å². The first kappa shape index (κ1) is 16.6. The van der Waals surface area contributed by atoms with E-state index in [0.717, 1.165) is 22.0 Å². The monoisotopic (exact) mass is 334 g/mol. The molecule has 1 atom stereocenters. The van der Waals surface area contributed by atoms with Crippen LogP contribution in [0.15, 0.2) is 60.8 Å². The van der Waals surface area contributed by atoms with Crippen LogP contribution in [-0.2, 0) is 11.2 Å². The minimum atomic E-state index is -1.07. The highest BCUT2D eigenvalue weighted by Crippen LogP contribution is 2.13. The molecule has 5 heteroatoms. The van der Waals surface area contributed by atoms with Crippen molar-refractivity contribution >= 4 is 22.8 Å². The molecule has 1 heterocycles. The smallest absolute Gasteiger partial charge is 0.326 e. The van der Waals surface area contributed by atoms with E-state index in [1.54, 1.807) is 6.07 Å². The molecule has 0 aliphatic heterocycles. The standard InChI is InChI=1S/C20H18N2O3/c1-13-6-8-14(9-7-13)10-18(20(24)25)22-19(23)16-11-15-4-2-3-5-17(15)21-12-16/h2-9,11-12,18H,10H2,1H3,(H,22,23)(H,24,25)/t18-/m0/s1. The molecule has 0 bridgehead atoms. The van der Waals surface area contributed by atoms with E-state index in [1.165, 1.54) is 6.20 Å². The fourth-order valence-electron chi connectivity index (χ4n) is 2.60. The first-order valence-electron chi connectivity index (χ1n) is 7.97. The molecular weight excluding hydrogens is 316 g/mol. The number of rotatable bonds is 5. The van der Waals surface area contributed by atoms with Crippen molar-refractivity contribution in [2.75, 3.05) is 0 Å². The molecule has 126 valence electrons. The van der Waals surface area contributed by atoms with Gasteiger partial charge in [-0.25, -0.2) is 4.79 Å². The Bertz CT molecular complexity index is 920. The molecule has 0 unspecified atom stereocenters. The zero-order valence-corrected chi connectivity index (χ0v) is 13.8. The molecule has 0 aliphatic carbocycles. The van der Waals surface area contributed by atoms with Crippen molar-refractivity contribution in [1.82, 2.24) is 10.3 Å². The van der Waals surface area contributed by atoms with Crippen LogP contribution in [0.5, 0.6) is 0 Å². The third-order valence-electron chi connectivity index (χ3n) is 4.02. The van der Waals surface area contributed by atoms with Gasteiger partial charge < -0.3 is 10.4 Å². The van der Waals surface area contributed by atoms with Gasteiger partial charge in [-0.2, -0.15) is 0 Å². The van der Waals surface area contributed by atoms with E-state index in [0.29, 0.717) is 5.56 Å². The van der Waals surface area contributed by atoms with Crippen LogP contribution >= 0.6 is 0 Å². The largest absolute Gasteiger partial charge is 0.480 e. The molecule has 2 N–H and O–H groups in total. The highest BCUT2D eigenvalue weighted by atomic mass is 16.4. The summed E-state index contributed by atoms with van der Waals surface area (Å²) in [5, 5.41) is 12.8. The van der Waals surface area contributed by atoms with Crippen LogP contribution < -0.4 is 5.32 Å². The summed E-state index contributed by atoms with van der Waals surface area (Å²) in [5.74, 6) is -1.51. The Kier molecular flexibility index (Phi) is 4.75. The summed E-state index contributed by atoms with van der Waals surface area (Å²) in [4.78, 5) is 28.2. The van der Waals surface area contributed by atoms with Crippen molar-refractivity contribution in [1.29, 1.82) is 0 Å². The minimum absolute atomic E-state index is 0.225. The number of aromatic nitrogens is 1. The van der Waals surface area contributed by atoms with Crippen LogP contribution in [0.2, 0.25) is 0 Å². The SMILES string of the molecule is Cc1ccc(C[C@H](NC(=O)c2cnc3ccccc3c2)C(=O)O)cc1. The van der Waals surface area contributed by atoms with Gasteiger partial charge in [0.25, 0.3) is 5.91 Å². The van der Waals surface area contributed by atoms with E-state index in [-0.39, 0.29) is 6.42 Å². The van der Waals surface area contributed by atoms with Gasteiger partial charge in [-0.1, -0.05) is 48.0 Å². The predicted molar refractivity (Wildman–Crippen MR) is 95.5 cm³/mol. The molecule has 2 aromatic carbocycles. The fourth-order valence-corrected chi connectivity index (χ4v) is 2.60. The number of amides is 1. The fraction of sp³-hybridized carbons (Fsp3) is 0.150. The topological polar surface area (TPSA) is 79.3 Å². The number of hydrogen-bond donors (Lipinski definition) is 2. The van der Waals surface area contributed by atoms with Gasteiger partial charge >= 0.3 is 5.97 Å². The lowest BCUT2D eigenvalue weighted by atomic mass is 10.0. The predicted octanol–water partition coefficient (Wildman–Crippen LogP) is 2.97. The summed E-state index contributed by atoms with van der Waals surface area (Å²) in [6, 6.07) is 15.7. The zero-order chi connectivity index (χ0) is 17.8. The van der Waals surface area contributed by atoms with E-state index in [9.17, 15) is 14.7 Å². The first-order chi connectivity index (χ1) is 12.0. The van der Waals surface area contributed by atoms with Crippen molar-refractivity contribution in [3.63, 3.8) is 0 Å². The molecule has 0 saturated heterocycles. The maximum atomic E-state index is 12.4. The number of nitrogens with zero attached hydrogens (tertiary/aromatic N) is 1. The lowest BCUT2D eigenvalue weighted by Crippen LogP contribution is -2.42. The molecule has 0 saturated carbocycles. The third-order valence-corrected chi connectivity index (χ3v) is 4.02. The Morgan fingerprint density at radius 1 is 1.12 bits per heavy atom. The van der Waals surface area contributed by atoms with Crippen LogP contribution in [0.3, 0.4) is 0 Å². The van der Waals surface area contributed by atoms with Crippen molar-refractivity contribution in [3.05, 3.63) is 77.5 Å². The summed E-state index contributed by atoms with van der Waals surface area (Å²) in [7, 11) is 0. The number of carbonyl (C=O) groups excluding carboxylic acids is 1. The summed E-state index contributed by atoms with van der Waals surface area (Å²) < 4.78 is 0. The van der Waals surface area contributed by atoms with E-state index in [2.05, 4.69) is 10.3 Å². The summed E-state index contributed by atoms with van der Waals surface area (Å²) in [6.07, 6.45) is 1.69. The Morgan fingerprint density at radius 3 is 2.56 bits per heavy atom. The van der Waals surface area contributed by atoms with Gasteiger partial charge in [0.05, 0.1) is 11.1 Å². The summed E-state index contributed by atoms with van der Waals surface area (Å²) in [5.41, 5.74) is 3.08. The molecule has 3 rings (SSSR count).